The smallest absolute Gasteiger partial charge is 0.223 e. The number of benzene rings is 1. The summed E-state index contributed by atoms with van der Waals surface area (Å²) in [7, 11) is 0. The zero-order valence-corrected chi connectivity index (χ0v) is 11.7. The molecule has 1 aliphatic carbocycles. The highest BCUT2D eigenvalue weighted by Gasteiger charge is 2.46. The van der Waals surface area contributed by atoms with Crippen molar-refractivity contribution in [1.29, 1.82) is 0 Å². The third kappa shape index (κ3) is 2.96. The van der Waals surface area contributed by atoms with E-state index in [1.54, 1.807) is 6.07 Å². The zero-order valence-electron chi connectivity index (χ0n) is 11.7. The van der Waals surface area contributed by atoms with Crippen LogP contribution in [0.3, 0.4) is 0 Å². The normalized spacial score (nSPS) is 16.4. The first-order valence-corrected chi connectivity index (χ1v) is 7.15. The second kappa shape index (κ2) is 5.72. The molecule has 0 aromatic heterocycles. The van der Waals surface area contributed by atoms with Gasteiger partial charge in [0.2, 0.25) is 5.91 Å². The minimum atomic E-state index is -0.160. The summed E-state index contributed by atoms with van der Waals surface area (Å²) < 4.78 is 13.8. The number of carbonyl (C=O) groups is 1. The van der Waals surface area contributed by atoms with E-state index in [0.717, 1.165) is 31.2 Å². The fourth-order valence-electron chi connectivity index (χ4n) is 2.64. The van der Waals surface area contributed by atoms with Crippen LogP contribution in [0, 0.1) is 11.7 Å². The van der Waals surface area contributed by atoms with Gasteiger partial charge in [0, 0.05) is 17.9 Å². The van der Waals surface area contributed by atoms with E-state index in [-0.39, 0.29) is 23.1 Å². The minimum Gasteiger partial charge on any atom is -0.355 e. The van der Waals surface area contributed by atoms with Crippen molar-refractivity contribution in [2.45, 2.75) is 44.9 Å². The van der Waals surface area contributed by atoms with E-state index in [0.29, 0.717) is 6.54 Å². The Kier molecular flexibility index (Phi) is 4.23. The highest BCUT2D eigenvalue weighted by Crippen LogP contribution is 2.48. The molecule has 1 saturated carbocycles. The van der Waals surface area contributed by atoms with Gasteiger partial charge in [-0.3, -0.25) is 4.79 Å². The average molecular weight is 263 g/mol. The highest BCUT2D eigenvalue weighted by atomic mass is 19.1. The third-order valence-corrected chi connectivity index (χ3v) is 4.26. The zero-order chi connectivity index (χ0) is 13.9. The Morgan fingerprint density at radius 3 is 2.47 bits per heavy atom. The molecule has 0 atom stereocenters. The quantitative estimate of drug-likeness (QED) is 0.837. The minimum absolute atomic E-state index is 0.0800. The van der Waals surface area contributed by atoms with Crippen LogP contribution < -0.4 is 5.32 Å². The Hall–Kier alpha value is -1.38. The molecule has 1 aliphatic rings. The second-order valence-electron chi connectivity index (χ2n) is 5.49. The van der Waals surface area contributed by atoms with Gasteiger partial charge >= 0.3 is 0 Å². The van der Waals surface area contributed by atoms with Crippen LogP contribution in [-0.4, -0.2) is 12.5 Å². The summed E-state index contributed by atoms with van der Waals surface area (Å²) in [6.45, 7) is 4.61. The molecule has 104 valence electrons. The Morgan fingerprint density at radius 2 is 1.95 bits per heavy atom. The molecule has 1 aromatic carbocycles. The maximum atomic E-state index is 13.8. The monoisotopic (exact) mass is 263 g/mol. The molecule has 2 rings (SSSR count). The lowest BCUT2D eigenvalue weighted by Crippen LogP contribution is -2.36. The van der Waals surface area contributed by atoms with Gasteiger partial charge in [0.05, 0.1) is 0 Å². The summed E-state index contributed by atoms with van der Waals surface area (Å²) in [5.74, 6) is 0.0285. The molecule has 19 heavy (non-hydrogen) atoms. The van der Waals surface area contributed by atoms with E-state index in [2.05, 4.69) is 5.32 Å². The Bertz CT molecular complexity index is 450. The first kappa shape index (κ1) is 14.0. The molecule has 1 amide bonds. The van der Waals surface area contributed by atoms with Gasteiger partial charge in [0.15, 0.2) is 0 Å². The molecular weight excluding hydrogens is 241 g/mol. The fraction of sp³-hybridized carbons (Fsp3) is 0.562. The molecule has 0 spiro atoms. The molecule has 2 nitrogen and oxygen atoms in total. The van der Waals surface area contributed by atoms with Crippen molar-refractivity contribution >= 4 is 5.91 Å². The molecule has 1 fully saturated rings. The predicted octanol–water partition coefficient (Wildman–Crippen LogP) is 3.41. The topological polar surface area (TPSA) is 29.1 Å². The largest absolute Gasteiger partial charge is 0.355 e. The summed E-state index contributed by atoms with van der Waals surface area (Å²) in [4.78, 5) is 12.0. The molecule has 0 heterocycles. The van der Waals surface area contributed by atoms with Crippen molar-refractivity contribution in [3.8, 4) is 0 Å². The van der Waals surface area contributed by atoms with E-state index in [4.69, 9.17) is 0 Å². The summed E-state index contributed by atoms with van der Waals surface area (Å²) in [5, 5.41) is 3.01. The first-order valence-electron chi connectivity index (χ1n) is 7.15. The molecule has 1 aromatic rings. The molecule has 0 aliphatic heterocycles. The van der Waals surface area contributed by atoms with E-state index >= 15 is 0 Å². The third-order valence-electron chi connectivity index (χ3n) is 4.26. The Labute approximate surface area is 114 Å². The molecule has 0 unspecified atom stereocenters. The summed E-state index contributed by atoms with van der Waals surface area (Å²) in [6.07, 6.45) is 3.62. The van der Waals surface area contributed by atoms with Crippen molar-refractivity contribution < 1.29 is 9.18 Å². The average Bonchev–Trinajstić information content (AvgIpc) is 3.19. The van der Waals surface area contributed by atoms with Crippen LogP contribution in [0.5, 0.6) is 0 Å². The van der Waals surface area contributed by atoms with Crippen molar-refractivity contribution in [3.05, 3.63) is 35.6 Å². The van der Waals surface area contributed by atoms with Crippen LogP contribution in [-0.2, 0) is 10.2 Å². The SMILES string of the molecule is CCC(CC)C(=O)NCC1(c2ccccc2F)CC1. The van der Waals surface area contributed by atoms with Crippen molar-refractivity contribution in [3.63, 3.8) is 0 Å². The van der Waals surface area contributed by atoms with E-state index in [1.807, 2.05) is 26.0 Å². The highest BCUT2D eigenvalue weighted by molar-refractivity contribution is 5.78. The number of rotatable bonds is 6. The standard InChI is InChI=1S/C16H22FNO/c1-3-12(4-2)15(19)18-11-16(9-10-16)13-7-5-6-8-14(13)17/h5-8,12H,3-4,9-11H2,1-2H3,(H,18,19). The number of halogens is 1. The summed E-state index contributed by atoms with van der Waals surface area (Å²) >= 11 is 0. The maximum absolute atomic E-state index is 13.8. The Morgan fingerprint density at radius 1 is 1.32 bits per heavy atom. The lowest BCUT2D eigenvalue weighted by atomic mass is 9.94. The molecule has 3 heteroatoms. The van der Waals surface area contributed by atoms with Crippen LogP contribution in [0.15, 0.2) is 24.3 Å². The number of nitrogens with one attached hydrogen (secondary N) is 1. The lowest BCUT2D eigenvalue weighted by molar-refractivity contribution is -0.125. The van der Waals surface area contributed by atoms with E-state index < -0.39 is 0 Å². The number of carbonyl (C=O) groups excluding carboxylic acids is 1. The lowest BCUT2D eigenvalue weighted by Gasteiger charge is -2.19. The first-order chi connectivity index (χ1) is 9.13. The molecule has 1 N–H and O–H groups in total. The second-order valence-corrected chi connectivity index (χ2v) is 5.49. The van der Waals surface area contributed by atoms with Crippen LogP contribution in [0.1, 0.15) is 45.1 Å². The van der Waals surface area contributed by atoms with Gasteiger partial charge in [0.1, 0.15) is 5.82 Å². The fourth-order valence-corrected chi connectivity index (χ4v) is 2.64. The summed E-state index contributed by atoms with van der Waals surface area (Å²) in [5.41, 5.74) is 0.590. The van der Waals surface area contributed by atoms with Gasteiger partial charge in [-0.25, -0.2) is 4.39 Å². The predicted molar refractivity (Wildman–Crippen MR) is 74.4 cm³/mol. The van der Waals surface area contributed by atoms with Crippen LogP contribution >= 0.6 is 0 Å². The molecule has 0 radical (unpaired) electrons. The van der Waals surface area contributed by atoms with Gasteiger partial charge in [-0.1, -0.05) is 32.0 Å². The van der Waals surface area contributed by atoms with Crippen molar-refractivity contribution in [2.75, 3.05) is 6.54 Å². The van der Waals surface area contributed by atoms with Crippen LogP contribution in [0.4, 0.5) is 4.39 Å². The van der Waals surface area contributed by atoms with Gasteiger partial charge in [-0.05, 0) is 37.3 Å². The molecule has 0 saturated heterocycles. The van der Waals surface area contributed by atoms with E-state index in [1.165, 1.54) is 6.07 Å². The Balaban J connectivity index is 2.00. The van der Waals surface area contributed by atoms with Gasteiger partial charge in [-0.15, -0.1) is 0 Å². The van der Waals surface area contributed by atoms with E-state index in [9.17, 15) is 9.18 Å². The van der Waals surface area contributed by atoms with Crippen LogP contribution in [0.25, 0.3) is 0 Å². The number of amides is 1. The van der Waals surface area contributed by atoms with Crippen LogP contribution in [0.2, 0.25) is 0 Å². The van der Waals surface area contributed by atoms with Gasteiger partial charge in [-0.2, -0.15) is 0 Å². The number of hydrogen-bond donors (Lipinski definition) is 1. The summed E-state index contributed by atoms with van der Waals surface area (Å²) in [6, 6.07) is 6.91. The van der Waals surface area contributed by atoms with Crippen molar-refractivity contribution in [1.82, 2.24) is 5.32 Å². The number of hydrogen-bond acceptors (Lipinski definition) is 1. The maximum Gasteiger partial charge on any atom is 0.223 e. The molecule has 0 bridgehead atoms. The van der Waals surface area contributed by atoms with Gasteiger partial charge in [0.25, 0.3) is 0 Å². The molecular formula is C16H22FNO. The van der Waals surface area contributed by atoms with Gasteiger partial charge < -0.3 is 5.32 Å². The van der Waals surface area contributed by atoms with Crippen molar-refractivity contribution in [2.24, 2.45) is 5.92 Å².